The minimum atomic E-state index is -3.83. The lowest BCUT2D eigenvalue weighted by Gasteiger charge is -2.38. The topological polar surface area (TPSA) is 72.9 Å². The van der Waals surface area contributed by atoms with Gasteiger partial charge in [-0.3, -0.25) is 4.79 Å². The standard InChI is InChI=1S/C18H27NO5S/c1-6-24-18(20)16-9-7-8-14(4)19(16)25(21,22)17-12(2)10-15(23-5)11-13(17)3/h10-11,14,16H,6-9H2,1-5H3. The summed E-state index contributed by atoms with van der Waals surface area (Å²) in [7, 11) is -2.29. The quantitative estimate of drug-likeness (QED) is 0.746. The second-order valence-electron chi connectivity index (χ2n) is 6.47. The number of carbonyl (C=O) groups is 1. The van der Waals surface area contributed by atoms with Gasteiger partial charge in [-0.15, -0.1) is 0 Å². The molecule has 2 rings (SSSR count). The zero-order valence-corrected chi connectivity index (χ0v) is 16.4. The molecule has 1 aromatic rings. The summed E-state index contributed by atoms with van der Waals surface area (Å²) in [5.41, 5.74) is 1.22. The number of esters is 1. The lowest BCUT2D eigenvalue weighted by molar-refractivity contribution is -0.149. The highest BCUT2D eigenvalue weighted by Gasteiger charge is 2.43. The number of rotatable bonds is 5. The van der Waals surface area contributed by atoms with E-state index in [0.29, 0.717) is 23.3 Å². The predicted octanol–water partition coefficient (Wildman–Crippen LogP) is 2.81. The Kier molecular flexibility index (Phi) is 6.11. The van der Waals surface area contributed by atoms with Gasteiger partial charge < -0.3 is 9.47 Å². The first-order valence-electron chi connectivity index (χ1n) is 8.59. The number of aryl methyl sites for hydroxylation is 2. The third-order valence-electron chi connectivity index (χ3n) is 4.60. The molecule has 1 aromatic carbocycles. The molecule has 1 aliphatic heterocycles. The molecule has 1 aliphatic rings. The Morgan fingerprint density at radius 2 is 1.84 bits per heavy atom. The number of carbonyl (C=O) groups excluding carboxylic acids is 1. The van der Waals surface area contributed by atoms with Crippen molar-refractivity contribution in [2.24, 2.45) is 0 Å². The van der Waals surface area contributed by atoms with Gasteiger partial charge in [-0.1, -0.05) is 0 Å². The Morgan fingerprint density at radius 3 is 2.36 bits per heavy atom. The van der Waals surface area contributed by atoms with Gasteiger partial charge in [0.25, 0.3) is 0 Å². The van der Waals surface area contributed by atoms with Crippen molar-refractivity contribution in [3.05, 3.63) is 23.3 Å². The average molecular weight is 369 g/mol. The summed E-state index contributed by atoms with van der Waals surface area (Å²) >= 11 is 0. The van der Waals surface area contributed by atoms with E-state index in [9.17, 15) is 13.2 Å². The molecule has 1 fully saturated rings. The van der Waals surface area contributed by atoms with Crippen molar-refractivity contribution in [3.8, 4) is 5.75 Å². The molecule has 0 saturated carbocycles. The Morgan fingerprint density at radius 1 is 1.24 bits per heavy atom. The number of benzene rings is 1. The molecule has 1 heterocycles. The third kappa shape index (κ3) is 3.82. The van der Waals surface area contributed by atoms with Gasteiger partial charge in [0.1, 0.15) is 11.8 Å². The molecule has 1 saturated heterocycles. The number of ether oxygens (including phenoxy) is 2. The summed E-state index contributed by atoms with van der Waals surface area (Å²) in [5, 5.41) is 0. The molecule has 0 spiro atoms. The van der Waals surface area contributed by atoms with Gasteiger partial charge in [-0.2, -0.15) is 4.31 Å². The molecule has 2 unspecified atom stereocenters. The van der Waals surface area contributed by atoms with Crippen molar-refractivity contribution in [2.45, 2.75) is 63.9 Å². The van der Waals surface area contributed by atoms with E-state index in [1.165, 1.54) is 4.31 Å². The van der Waals surface area contributed by atoms with Crippen molar-refractivity contribution >= 4 is 16.0 Å². The molecule has 0 aromatic heterocycles. The molecule has 6 nitrogen and oxygen atoms in total. The van der Waals surface area contributed by atoms with E-state index in [1.807, 2.05) is 6.92 Å². The molecule has 2 atom stereocenters. The van der Waals surface area contributed by atoms with Crippen LogP contribution < -0.4 is 4.74 Å². The van der Waals surface area contributed by atoms with Crippen LogP contribution >= 0.6 is 0 Å². The van der Waals surface area contributed by atoms with Crippen LogP contribution in [0.15, 0.2) is 17.0 Å². The van der Waals surface area contributed by atoms with Crippen LogP contribution in [0.2, 0.25) is 0 Å². The molecular formula is C18H27NO5S. The summed E-state index contributed by atoms with van der Waals surface area (Å²) in [4.78, 5) is 12.6. The summed E-state index contributed by atoms with van der Waals surface area (Å²) in [5.74, 6) is 0.143. The van der Waals surface area contributed by atoms with Crippen LogP contribution in [-0.2, 0) is 19.6 Å². The average Bonchev–Trinajstić information content (AvgIpc) is 2.53. The van der Waals surface area contributed by atoms with Crippen molar-refractivity contribution in [3.63, 3.8) is 0 Å². The largest absolute Gasteiger partial charge is 0.497 e. The minimum absolute atomic E-state index is 0.234. The lowest BCUT2D eigenvalue weighted by Crippen LogP contribution is -2.52. The zero-order chi connectivity index (χ0) is 18.8. The van der Waals surface area contributed by atoms with E-state index in [0.717, 1.165) is 12.8 Å². The van der Waals surface area contributed by atoms with Crippen LogP contribution in [0.5, 0.6) is 5.75 Å². The lowest BCUT2D eigenvalue weighted by atomic mass is 10.00. The maximum absolute atomic E-state index is 13.4. The second kappa shape index (κ2) is 7.74. The zero-order valence-electron chi connectivity index (χ0n) is 15.5. The monoisotopic (exact) mass is 369 g/mol. The van der Waals surface area contributed by atoms with E-state index in [-0.39, 0.29) is 17.5 Å². The van der Waals surface area contributed by atoms with Gasteiger partial charge in [-0.25, -0.2) is 8.42 Å². The summed E-state index contributed by atoms with van der Waals surface area (Å²) in [6, 6.07) is 2.38. The van der Waals surface area contributed by atoms with Crippen molar-refractivity contribution in [2.75, 3.05) is 13.7 Å². The van der Waals surface area contributed by atoms with Gasteiger partial charge in [0.2, 0.25) is 10.0 Å². The number of sulfonamides is 1. The maximum Gasteiger partial charge on any atom is 0.324 e. The third-order valence-corrected chi connectivity index (χ3v) is 6.93. The van der Waals surface area contributed by atoms with E-state index in [2.05, 4.69) is 0 Å². The number of hydrogen-bond donors (Lipinski definition) is 0. The normalized spacial score (nSPS) is 21.8. The second-order valence-corrected chi connectivity index (χ2v) is 8.25. The fraction of sp³-hybridized carbons (Fsp3) is 0.611. The van der Waals surface area contributed by atoms with Crippen molar-refractivity contribution in [1.29, 1.82) is 0 Å². The Balaban J connectivity index is 2.53. The Labute approximate surface area is 150 Å². The smallest absolute Gasteiger partial charge is 0.324 e. The maximum atomic E-state index is 13.4. The van der Waals surface area contributed by atoms with Crippen LogP contribution in [0.1, 0.15) is 44.2 Å². The molecule has 0 aliphatic carbocycles. The van der Waals surface area contributed by atoms with Crippen LogP contribution in [0.25, 0.3) is 0 Å². The van der Waals surface area contributed by atoms with Gasteiger partial charge >= 0.3 is 5.97 Å². The number of nitrogens with zero attached hydrogens (tertiary/aromatic N) is 1. The van der Waals surface area contributed by atoms with E-state index in [4.69, 9.17) is 9.47 Å². The Hall–Kier alpha value is -1.60. The fourth-order valence-electron chi connectivity index (χ4n) is 3.57. The van der Waals surface area contributed by atoms with Crippen LogP contribution in [0.4, 0.5) is 0 Å². The highest BCUT2D eigenvalue weighted by atomic mass is 32.2. The number of piperidine rings is 1. The minimum Gasteiger partial charge on any atom is -0.497 e. The summed E-state index contributed by atoms with van der Waals surface area (Å²) in [6.45, 7) is 7.29. The molecule has 25 heavy (non-hydrogen) atoms. The van der Waals surface area contributed by atoms with E-state index >= 15 is 0 Å². The molecule has 0 N–H and O–H groups in total. The summed E-state index contributed by atoms with van der Waals surface area (Å²) in [6.07, 6.45) is 2.01. The van der Waals surface area contributed by atoms with E-state index < -0.39 is 22.0 Å². The first-order valence-corrected chi connectivity index (χ1v) is 10.0. The highest BCUT2D eigenvalue weighted by molar-refractivity contribution is 7.89. The van der Waals surface area contributed by atoms with Crippen molar-refractivity contribution < 1.29 is 22.7 Å². The molecular weight excluding hydrogens is 342 g/mol. The fourth-order valence-corrected chi connectivity index (χ4v) is 5.82. The molecule has 7 heteroatoms. The Bertz CT molecular complexity index is 721. The van der Waals surface area contributed by atoms with Crippen LogP contribution in [-0.4, -0.2) is 44.5 Å². The number of methoxy groups -OCH3 is 1. The highest BCUT2D eigenvalue weighted by Crippen LogP contribution is 2.34. The first kappa shape index (κ1) is 19.7. The van der Waals surface area contributed by atoms with Crippen molar-refractivity contribution in [1.82, 2.24) is 4.31 Å². The molecule has 0 radical (unpaired) electrons. The molecule has 0 amide bonds. The number of hydrogen-bond acceptors (Lipinski definition) is 5. The van der Waals surface area contributed by atoms with Gasteiger partial charge in [-0.05, 0) is 70.2 Å². The first-order chi connectivity index (χ1) is 11.7. The molecule has 0 bridgehead atoms. The summed E-state index contributed by atoms with van der Waals surface area (Å²) < 4.78 is 38.6. The van der Waals surface area contributed by atoms with Crippen LogP contribution in [0, 0.1) is 13.8 Å². The van der Waals surface area contributed by atoms with E-state index in [1.54, 1.807) is 40.0 Å². The van der Waals surface area contributed by atoms with Gasteiger partial charge in [0, 0.05) is 6.04 Å². The van der Waals surface area contributed by atoms with Gasteiger partial charge in [0.15, 0.2) is 0 Å². The molecule has 140 valence electrons. The SMILES string of the molecule is CCOC(=O)C1CCCC(C)N1S(=O)(=O)c1c(C)cc(OC)cc1C. The van der Waals surface area contributed by atoms with Crippen LogP contribution in [0.3, 0.4) is 0 Å². The predicted molar refractivity (Wildman–Crippen MR) is 95.2 cm³/mol. The van der Waals surface area contributed by atoms with Gasteiger partial charge in [0.05, 0.1) is 18.6 Å².